The molecule has 3 heterocycles. The number of nitrogen functional groups attached to an aromatic ring is 1. The molecule has 0 radical (unpaired) electrons. The molecule has 0 saturated heterocycles. The van der Waals surface area contributed by atoms with Gasteiger partial charge in [0.05, 0.1) is 11.6 Å². The molecule has 0 aliphatic rings. The lowest BCUT2D eigenvalue weighted by Gasteiger charge is -2.16. The van der Waals surface area contributed by atoms with Gasteiger partial charge in [0, 0.05) is 18.2 Å². The van der Waals surface area contributed by atoms with Gasteiger partial charge in [0.2, 0.25) is 0 Å². The third kappa shape index (κ3) is 2.18. The minimum absolute atomic E-state index is 0.237. The number of nitrogens with zero attached hydrogens (tertiary/aromatic N) is 3. The van der Waals surface area contributed by atoms with Gasteiger partial charge in [-0.1, -0.05) is 0 Å². The van der Waals surface area contributed by atoms with Gasteiger partial charge < -0.3 is 14.7 Å². The standard InChI is InChI=1S/C16H20N4O/c1-9(8-13-6-5-7-21-13)20-11(3)10(2)14-15(17)18-12(4)19-16(14)20/h5-7,9H,8H2,1-4H3,(H2,17,18,19). The molecule has 3 rings (SSSR count). The van der Waals surface area contributed by atoms with E-state index in [1.165, 1.54) is 5.69 Å². The SMILES string of the molecule is Cc1nc(N)c2c(C)c(C)n(C(C)Cc3ccco3)c2n1. The van der Waals surface area contributed by atoms with Crippen molar-refractivity contribution in [1.29, 1.82) is 0 Å². The Labute approximate surface area is 123 Å². The van der Waals surface area contributed by atoms with E-state index in [0.717, 1.165) is 28.8 Å². The van der Waals surface area contributed by atoms with Gasteiger partial charge in [-0.25, -0.2) is 9.97 Å². The van der Waals surface area contributed by atoms with E-state index in [2.05, 4.69) is 35.3 Å². The lowest BCUT2D eigenvalue weighted by molar-refractivity contribution is 0.450. The maximum atomic E-state index is 6.09. The van der Waals surface area contributed by atoms with Gasteiger partial charge in [-0.3, -0.25) is 0 Å². The summed E-state index contributed by atoms with van der Waals surface area (Å²) in [5.74, 6) is 2.23. The molecule has 110 valence electrons. The largest absolute Gasteiger partial charge is 0.469 e. The van der Waals surface area contributed by atoms with E-state index >= 15 is 0 Å². The monoisotopic (exact) mass is 284 g/mol. The van der Waals surface area contributed by atoms with Crippen molar-refractivity contribution in [2.45, 2.75) is 40.2 Å². The van der Waals surface area contributed by atoms with Crippen molar-refractivity contribution in [3.63, 3.8) is 0 Å². The average molecular weight is 284 g/mol. The third-order valence-electron chi connectivity index (χ3n) is 4.05. The van der Waals surface area contributed by atoms with Crippen molar-refractivity contribution < 1.29 is 4.42 Å². The summed E-state index contributed by atoms with van der Waals surface area (Å²) >= 11 is 0. The van der Waals surface area contributed by atoms with Crippen LogP contribution in [-0.2, 0) is 6.42 Å². The lowest BCUT2D eigenvalue weighted by Crippen LogP contribution is -2.11. The van der Waals surface area contributed by atoms with Crippen LogP contribution in [0.2, 0.25) is 0 Å². The molecule has 2 N–H and O–H groups in total. The highest BCUT2D eigenvalue weighted by Crippen LogP contribution is 2.31. The maximum absolute atomic E-state index is 6.09. The van der Waals surface area contributed by atoms with Crippen LogP contribution in [0.25, 0.3) is 11.0 Å². The van der Waals surface area contributed by atoms with E-state index in [0.29, 0.717) is 11.6 Å². The van der Waals surface area contributed by atoms with Crippen LogP contribution in [0.15, 0.2) is 22.8 Å². The smallest absolute Gasteiger partial charge is 0.146 e. The van der Waals surface area contributed by atoms with Crippen molar-refractivity contribution in [3.8, 4) is 0 Å². The van der Waals surface area contributed by atoms with Crippen molar-refractivity contribution in [2.75, 3.05) is 5.73 Å². The second-order valence-electron chi connectivity index (χ2n) is 5.57. The van der Waals surface area contributed by atoms with Gasteiger partial charge in [0.15, 0.2) is 0 Å². The number of aromatic nitrogens is 3. The number of anilines is 1. The van der Waals surface area contributed by atoms with Gasteiger partial charge in [-0.2, -0.15) is 0 Å². The maximum Gasteiger partial charge on any atom is 0.146 e. The molecular formula is C16H20N4O. The van der Waals surface area contributed by atoms with E-state index in [1.807, 2.05) is 19.1 Å². The first-order valence-corrected chi connectivity index (χ1v) is 7.12. The molecule has 0 bridgehead atoms. The Morgan fingerprint density at radius 1 is 1.29 bits per heavy atom. The van der Waals surface area contributed by atoms with E-state index < -0.39 is 0 Å². The molecule has 5 heteroatoms. The van der Waals surface area contributed by atoms with Gasteiger partial charge in [0.1, 0.15) is 23.0 Å². The predicted molar refractivity (Wildman–Crippen MR) is 83.3 cm³/mol. The van der Waals surface area contributed by atoms with Crippen molar-refractivity contribution in [3.05, 3.63) is 41.2 Å². The zero-order valence-electron chi connectivity index (χ0n) is 12.8. The summed E-state index contributed by atoms with van der Waals surface area (Å²) in [5, 5.41) is 0.962. The molecule has 0 aromatic carbocycles. The van der Waals surface area contributed by atoms with Crippen LogP contribution in [0.3, 0.4) is 0 Å². The average Bonchev–Trinajstić information content (AvgIpc) is 2.97. The topological polar surface area (TPSA) is 69.9 Å². The highest BCUT2D eigenvalue weighted by Gasteiger charge is 2.20. The summed E-state index contributed by atoms with van der Waals surface area (Å²) in [5.41, 5.74) is 9.33. The van der Waals surface area contributed by atoms with Crippen molar-refractivity contribution in [2.24, 2.45) is 0 Å². The Morgan fingerprint density at radius 3 is 2.71 bits per heavy atom. The molecule has 0 aliphatic carbocycles. The second-order valence-corrected chi connectivity index (χ2v) is 5.57. The van der Waals surface area contributed by atoms with Crippen LogP contribution < -0.4 is 5.73 Å². The molecule has 0 fully saturated rings. The molecule has 0 spiro atoms. The number of nitrogens with two attached hydrogens (primary N) is 1. The zero-order valence-corrected chi connectivity index (χ0v) is 12.8. The van der Waals surface area contributed by atoms with E-state index in [9.17, 15) is 0 Å². The highest BCUT2D eigenvalue weighted by molar-refractivity contribution is 5.91. The Kier molecular flexibility index (Phi) is 3.20. The Hall–Kier alpha value is -2.30. The second kappa shape index (κ2) is 4.91. The zero-order chi connectivity index (χ0) is 15.1. The first-order chi connectivity index (χ1) is 9.99. The van der Waals surface area contributed by atoms with Crippen molar-refractivity contribution in [1.82, 2.24) is 14.5 Å². The van der Waals surface area contributed by atoms with E-state index in [-0.39, 0.29) is 6.04 Å². The van der Waals surface area contributed by atoms with Crippen molar-refractivity contribution >= 4 is 16.9 Å². The van der Waals surface area contributed by atoms with Gasteiger partial charge in [-0.15, -0.1) is 0 Å². The lowest BCUT2D eigenvalue weighted by atomic mass is 10.2. The van der Waals surface area contributed by atoms with Crippen LogP contribution in [0.5, 0.6) is 0 Å². The molecule has 5 nitrogen and oxygen atoms in total. The van der Waals surface area contributed by atoms with E-state index in [4.69, 9.17) is 10.2 Å². The van der Waals surface area contributed by atoms with Gasteiger partial charge in [0.25, 0.3) is 0 Å². The summed E-state index contributed by atoms with van der Waals surface area (Å²) < 4.78 is 7.70. The fourth-order valence-corrected chi connectivity index (χ4v) is 2.98. The van der Waals surface area contributed by atoms with Crippen LogP contribution in [0, 0.1) is 20.8 Å². The summed E-state index contributed by atoms with van der Waals surface area (Å²) in [6.45, 7) is 8.21. The molecule has 1 atom stereocenters. The molecule has 3 aromatic rings. The molecular weight excluding hydrogens is 264 g/mol. The highest BCUT2D eigenvalue weighted by atomic mass is 16.3. The molecule has 0 amide bonds. The minimum atomic E-state index is 0.237. The molecule has 0 aliphatic heterocycles. The summed E-state index contributed by atoms with van der Waals surface area (Å²) in [6, 6.07) is 4.15. The Balaban J connectivity index is 2.15. The summed E-state index contributed by atoms with van der Waals surface area (Å²) in [6.07, 6.45) is 2.53. The minimum Gasteiger partial charge on any atom is -0.469 e. The number of hydrogen-bond acceptors (Lipinski definition) is 4. The summed E-state index contributed by atoms with van der Waals surface area (Å²) in [4.78, 5) is 8.90. The predicted octanol–water partition coefficient (Wildman–Crippen LogP) is 3.34. The summed E-state index contributed by atoms with van der Waals surface area (Å²) in [7, 11) is 0. The molecule has 3 aromatic heterocycles. The van der Waals surface area contributed by atoms with Gasteiger partial charge >= 0.3 is 0 Å². The normalized spacial score (nSPS) is 13.0. The molecule has 21 heavy (non-hydrogen) atoms. The van der Waals surface area contributed by atoms with Crippen LogP contribution >= 0.6 is 0 Å². The Bertz CT molecular complexity index is 787. The van der Waals surface area contributed by atoms with Crippen LogP contribution in [0.4, 0.5) is 5.82 Å². The molecule has 1 unspecified atom stereocenters. The fraction of sp³-hybridized carbons (Fsp3) is 0.375. The number of aryl methyl sites for hydroxylation is 2. The van der Waals surface area contributed by atoms with E-state index in [1.54, 1.807) is 6.26 Å². The number of fused-ring (bicyclic) bond motifs is 1. The quantitative estimate of drug-likeness (QED) is 0.800. The Morgan fingerprint density at radius 2 is 2.05 bits per heavy atom. The number of hydrogen-bond donors (Lipinski definition) is 1. The van der Waals surface area contributed by atoms with Crippen LogP contribution in [-0.4, -0.2) is 14.5 Å². The fourth-order valence-electron chi connectivity index (χ4n) is 2.98. The molecule has 0 saturated carbocycles. The van der Waals surface area contributed by atoms with Crippen LogP contribution in [0.1, 0.15) is 35.8 Å². The number of rotatable bonds is 3. The third-order valence-corrected chi connectivity index (χ3v) is 4.05. The first kappa shape index (κ1) is 13.7. The van der Waals surface area contributed by atoms with Gasteiger partial charge in [-0.05, 0) is 45.4 Å². The first-order valence-electron chi connectivity index (χ1n) is 7.12. The number of furan rings is 1.